The predicted molar refractivity (Wildman–Crippen MR) is 113 cm³/mol. The van der Waals surface area contributed by atoms with Crippen LogP contribution < -0.4 is 0 Å². The van der Waals surface area contributed by atoms with E-state index < -0.39 is 64.2 Å². The van der Waals surface area contributed by atoms with Gasteiger partial charge in [0.05, 0.1) is 5.92 Å². The fraction of sp³-hybridized carbons (Fsp3) is 0.391. The van der Waals surface area contributed by atoms with Crippen LogP contribution in [0, 0.1) is 5.92 Å². The van der Waals surface area contributed by atoms with Crippen LogP contribution in [0.2, 0.25) is 0 Å². The van der Waals surface area contributed by atoms with Gasteiger partial charge in [-0.2, -0.15) is 34.8 Å². The van der Waals surface area contributed by atoms with E-state index in [9.17, 15) is 44.3 Å². The van der Waals surface area contributed by atoms with Crippen molar-refractivity contribution in [2.45, 2.75) is 36.2 Å². The molecule has 7 nitrogen and oxygen atoms in total. The fourth-order valence-electron chi connectivity index (χ4n) is 5.06. The number of hydrogen-bond acceptors (Lipinski definition) is 6. The third-order valence-corrected chi connectivity index (χ3v) is 7.30. The van der Waals surface area contributed by atoms with Gasteiger partial charge in [0, 0.05) is 11.8 Å². The summed E-state index contributed by atoms with van der Waals surface area (Å²) < 4.78 is 119. The number of esters is 2. The number of ether oxygens (including phenoxy) is 2. The first-order valence-corrected chi connectivity index (χ1v) is 12.3. The van der Waals surface area contributed by atoms with E-state index in [-0.39, 0.29) is 12.3 Å². The quantitative estimate of drug-likeness (QED) is 0.327. The number of alkyl halides is 6. The van der Waals surface area contributed by atoms with Crippen molar-refractivity contribution >= 4 is 22.1 Å². The van der Waals surface area contributed by atoms with Crippen LogP contribution in [0.3, 0.4) is 0 Å². The molecule has 3 aliphatic carbocycles. The van der Waals surface area contributed by atoms with Gasteiger partial charge in [0.2, 0.25) is 0 Å². The molecule has 1 unspecified atom stereocenters. The molecule has 0 spiro atoms. The minimum atomic E-state index is -6.48. The maximum absolute atomic E-state index is 13.4. The van der Waals surface area contributed by atoms with E-state index in [1.165, 1.54) is 0 Å². The second kappa shape index (κ2) is 9.01. The van der Waals surface area contributed by atoms with Crippen molar-refractivity contribution in [3.8, 4) is 0 Å². The average molecular weight is 552 g/mol. The summed E-state index contributed by atoms with van der Waals surface area (Å²) in [4.78, 5) is 24.9. The van der Waals surface area contributed by atoms with Gasteiger partial charge in [-0.25, -0.2) is 4.79 Å². The molecule has 0 saturated heterocycles. The number of benzene rings is 2. The number of rotatable bonds is 6. The SMILES string of the molecule is O=C(COC(=O)C1CC2c3ccccc3C1c1ccccc12)OC(CS(=O)(=O)O)(C(F)(F)F)C(F)(F)F. The average Bonchev–Trinajstić information content (AvgIpc) is 2.79. The number of halogens is 6. The molecule has 0 heterocycles. The van der Waals surface area contributed by atoms with Gasteiger partial charge in [0.25, 0.3) is 10.1 Å². The highest BCUT2D eigenvalue weighted by Gasteiger charge is 2.76. The predicted octanol–water partition coefficient (Wildman–Crippen LogP) is 4.12. The standard InChI is InChI=1S/C23H18F6O7S/c24-22(25,26)21(23(27,28)29,11-37(32,33)34)36-18(30)10-35-20(31)17-9-16-12-5-1-3-7-14(12)19(17)15-8-4-2-6-13(15)16/h1-8,16-17,19H,9-11H2,(H,32,33,34). The molecule has 200 valence electrons. The largest absolute Gasteiger partial charge is 0.453 e. The zero-order valence-electron chi connectivity index (χ0n) is 18.5. The van der Waals surface area contributed by atoms with E-state index in [1.807, 2.05) is 24.3 Å². The number of carbonyl (C=O) groups is 2. The summed E-state index contributed by atoms with van der Waals surface area (Å²) in [5, 5.41) is 0. The Morgan fingerprint density at radius 3 is 1.76 bits per heavy atom. The minimum absolute atomic E-state index is 0.222. The Hall–Kier alpha value is -3.13. The van der Waals surface area contributed by atoms with Crippen molar-refractivity contribution in [3.63, 3.8) is 0 Å². The highest BCUT2D eigenvalue weighted by molar-refractivity contribution is 7.85. The molecule has 3 aliphatic rings. The summed E-state index contributed by atoms with van der Waals surface area (Å²) in [5.74, 6) is -8.00. The van der Waals surface area contributed by atoms with Crippen molar-refractivity contribution in [3.05, 3.63) is 70.8 Å². The Morgan fingerprint density at radius 2 is 1.32 bits per heavy atom. The molecule has 0 saturated carbocycles. The first kappa shape index (κ1) is 26.9. The van der Waals surface area contributed by atoms with Crippen LogP contribution in [-0.4, -0.2) is 55.2 Å². The van der Waals surface area contributed by atoms with Crippen molar-refractivity contribution < 1.29 is 58.4 Å². The summed E-state index contributed by atoms with van der Waals surface area (Å²) >= 11 is 0. The number of hydrogen-bond donors (Lipinski definition) is 1. The van der Waals surface area contributed by atoms with Crippen molar-refractivity contribution in [2.24, 2.45) is 5.92 Å². The highest BCUT2D eigenvalue weighted by atomic mass is 32.2. The molecule has 2 aromatic carbocycles. The van der Waals surface area contributed by atoms with Gasteiger partial charge in [-0.05, 0) is 28.7 Å². The Kier molecular flexibility index (Phi) is 6.56. The molecule has 0 aliphatic heterocycles. The first-order valence-electron chi connectivity index (χ1n) is 10.7. The molecule has 0 radical (unpaired) electrons. The second-order valence-corrected chi connectivity index (χ2v) is 10.2. The molecule has 5 rings (SSSR count). The van der Waals surface area contributed by atoms with Gasteiger partial charge in [0.1, 0.15) is 5.75 Å². The third-order valence-electron chi connectivity index (χ3n) is 6.53. The summed E-state index contributed by atoms with van der Waals surface area (Å²) in [6, 6.07) is 14.5. The zero-order valence-corrected chi connectivity index (χ0v) is 19.4. The van der Waals surface area contributed by atoms with E-state index in [0.29, 0.717) is 0 Å². The van der Waals surface area contributed by atoms with Crippen LogP contribution in [0.25, 0.3) is 0 Å². The van der Waals surface area contributed by atoms with Crippen LogP contribution in [-0.2, 0) is 29.2 Å². The van der Waals surface area contributed by atoms with Gasteiger partial charge in [-0.1, -0.05) is 48.5 Å². The Balaban J connectivity index is 1.55. The molecule has 0 fully saturated rings. The normalized spacial score (nSPS) is 21.1. The topological polar surface area (TPSA) is 107 Å². The molecule has 0 aromatic heterocycles. The van der Waals surface area contributed by atoms with Crippen LogP contribution >= 0.6 is 0 Å². The van der Waals surface area contributed by atoms with E-state index in [0.717, 1.165) is 22.3 Å². The third kappa shape index (κ3) is 4.79. The fourth-order valence-corrected chi connectivity index (χ4v) is 5.96. The van der Waals surface area contributed by atoms with Gasteiger partial charge < -0.3 is 9.47 Å². The Morgan fingerprint density at radius 1 is 0.865 bits per heavy atom. The highest BCUT2D eigenvalue weighted by Crippen LogP contribution is 2.55. The summed E-state index contributed by atoms with van der Waals surface area (Å²) in [5.41, 5.74) is -2.01. The van der Waals surface area contributed by atoms with Gasteiger partial charge in [-0.3, -0.25) is 9.35 Å². The minimum Gasteiger partial charge on any atom is -0.453 e. The molecule has 2 aromatic rings. The summed E-state index contributed by atoms with van der Waals surface area (Å²) in [7, 11) is -5.93. The van der Waals surface area contributed by atoms with Crippen molar-refractivity contribution in [1.29, 1.82) is 0 Å². The first-order chi connectivity index (χ1) is 17.1. The Bertz CT molecular complexity index is 1270. The maximum Gasteiger partial charge on any atom is 0.438 e. The van der Waals surface area contributed by atoms with Crippen LogP contribution in [0.1, 0.15) is 40.5 Å². The Labute approximate surface area is 206 Å². The lowest BCUT2D eigenvalue weighted by Crippen LogP contribution is -2.63. The number of carbonyl (C=O) groups excluding carboxylic acids is 2. The molecule has 2 bridgehead atoms. The molecule has 14 heteroatoms. The van der Waals surface area contributed by atoms with E-state index in [1.54, 1.807) is 24.3 Å². The van der Waals surface area contributed by atoms with E-state index in [2.05, 4.69) is 4.74 Å². The zero-order chi connectivity index (χ0) is 27.4. The molecule has 1 atom stereocenters. The summed E-state index contributed by atoms with van der Waals surface area (Å²) in [6.45, 7) is -1.64. The maximum atomic E-state index is 13.4. The lowest BCUT2D eigenvalue weighted by atomic mass is 9.59. The van der Waals surface area contributed by atoms with Crippen molar-refractivity contribution in [2.75, 3.05) is 12.4 Å². The van der Waals surface area contributed by atoms with Crippen LogP contribution in [0.5, 0.6) is 0 Å². The molecule has 37 heavy (non-hydrogen) atoms. The molecule has 1 N–H and O–H groups in total. The lowest BCUT2D eigenvalue weighted by Gasteiger charge is -2.44. The summed E-state index contributed by atoms with van der Waals surface area (Å²) in [6.07, 6.45) is -12.7. The molecular formula is C23H18F6O7S. The van der Waals surface area contributed by atoms with Crippen LogP contribution in [0.4, 0.5) is 26.3 Å². The van der Waals surface area contributed by atoms with Gasteiger partial charge in [-0.15, -0.1) is 0 Å². The van der Waals surface area contributed by atoms with Crippen LogP contribution in [0.15, 0.2) is 48.5 Å². The molecule has 0 amide bonds. The van der Waals surface area contributed by atoms with Gasteiger partial charge in [0.15, 0.2) is 6.61 Å². The van der Waals surface area contributed by atoms with E-state index in [4.69, 9.17) is 9.29 Å². The molecular weight excluding hydrogens is 534 g/mol. The van der Waals surface area contributed by atoms with Gasteiger partial charge >= 0.3 is 29.9 Å². The number of fused-ring (bicyclic) bond motifs is 1. The monoisotopic (exact) mass is 552 g/mol. The smallest absolute Gasteiger partial charge is 0.438 e. The van der Waals surface area contributed by atoms with Crippen molar-refractivity contribution in [1.82, 2.24) is 0 Å². The van der Waals surface area contributed by atoms with E-state index >= 15 is 0 Å². The second-order valence-electron chi connectivity index (χ2n) is 8.76. The lowest BCUT2D eigenvalue weighted by molar-refractivity contribution is -0.361.